The van der Waals surface area contributed by atoms with Crippen molar-refractivity contribution in [3.05, 3.63) is 0 Å². The lowest BCUT2D eigenvalue weighted by atomic mass is 10.0. The number of likely N-dealkylation sites (N-methyl/N-ethyl adjacent to an activating group) is 1. The first-order valence-electron chi connectivity index (χ1n) is 6.60. The second-order valence-electron chi connectivity index (χ2n) is 4.49. The molecule has 0 bridgehead atoms. The Hall–Kier alpha value is -0.610. The second kappa shape index (κ2) is 9.42. The van der Waals surface area contributed by atoms with Gasteiger partial charge in [0.15, 0.2) is 0 Å². The highest BCUT2D eigenvalue weighted by molar-refractivity contribution is 5.72. The summed E-state index contributed by atoms with van der Waals surface area (Å²) in [7, 11) is 1.44. The zero-order valence-corrected chi connectivity index (χ0v) is 12.0. The summed E-state index contributed by atoms with van der Waals surface area (Å²) in [5.41, 5.74) is 0. The highest BCUT2D eigenvalue weighted by Crippen LogP contribution is 2.04. The molecule has 0 aromatic heterocycles. The zero-order valence-electron chi connectivity index (χ0n) is 12.0. The molecule has 2 unspecified atom stereocenters. The molecular weight excluding hydrogens is 216 g/mol. The summed E-state index contributed by atoms with van der Waals surface area (Å²) in [6.07, 6.45) is 1.18. The third-order valence-corrected chi connectivity index (χ3v) is 3.20. The Labute approximate surface area is 106 Å². The largest absolute Gasteiger partial charge is 0.469 e. The van der Waals surface area contributed by atoms with Crippen molar-refractivity contribution >= 4 is 5.97 Å². The fraction of sp³-hybridized carbons (Fsp3) is 0.923. The Kier molecular flexibility index (Phi) is 9.09. The number of nitrogens with zero attached hydrogens (tertiary/aromatic N) is 1. The van der Waals surface area contributed by atoms with Crippen LogP contribution in [0.15, 0.2) is 0 Å². The van der Waals surface area contributed by atoms with Gasteiger partial charge in [-0.2, -0.15) is 0 Å². The molecule has 0 heterocycles. The Morgan fingerprint density at radius 3 is 2.41 bits per heavy atom. The maximum atomic E-state index is 11.3. The number of esters is 1. The average Bonchev–Trinajstić information content (AvgIpc) is 2.35. The maximum Gasteiger partial charge on any atom is 0.309 e. The number of carbonyl (C=O) groups excluding carboxylic acids is 1. The van der Waals surface area contributed by atoms with Crippen LogP contribution in [0.2, 0.25) is 0 Å². The van der Waals surface area contributed by atoms with E-state index in [0.29, 0.717) is 0 Å². The molecule has 0 aromatic carbocycles. The lowest BCUT2D eigenvalue weighted by Crippen LogP contribution is -2.41. The predicted molar refractivity (Wildman–Crippen MR) is 71.0 cm³/mol. The summed E-state index contributed by atoms with van der Waals surface area (Å²) < 4.78 is 4.73. The van der Waals surface area contributed by atoms with Gasteiger partial charge in [-0.05, 0) is 26.4 Å². The van der Waals surface area contributed by atoms with Crippen LogP contribution < -0.4 is 5.32 Å². The van der Waals surface area contributed by atoms with Gasteiger partial charge in [0, 0.05) is 19.1 Å². The van der Waals surface area contributed by atoms with Gasteiger partial charge in [0.05, 0.1) is 13.0 Å². The van der Waals surface area contributed by atoms with Gasteiger partial charge < -0.3 is 15.0 Å². The van der Waals surface area contributed by atoms with Crippen LogP contribution in [0.3, 0.4) is 0 Å². The molecule has 0 amide bonds. The van der Waals surface area contributed by atoms with Crippen LogP contribution in [0.5, 0.6) is 0 Å². The van der Waals surface area contributed by atoms with Gasteiger partial charge in [-0.3, -0.25) is 4.79 Å². The van der Waals surface area contributed by atoms with Crippen molar-refractivity contribution in [1.29, 1.82) is 0 Å². The fourth-order valence-electron chi connectivity index (χ4n) is 1.76. The maximum absolute atomic E-state index is 11.3. The molecule has 2 atom stereocenters. The van der Waals surface area contributed by atoms with E-state index < -0.39 is 0 Å². The predicted octanol–water partition coefficient (Wildman–Crippen LogP) is 1.51. The van der Waals surface area contributed by atoms with Crippen LogP contribution in [0.25, 0.3) is 0 Å². The lowest BCUT2D eigenvalue weighted by Gasteiger charge is -2.23. The SMILES string of the molecule is CCCN(CC)CCNC(C)C(C)C(=O)OC. The van der Waals surface area contributed by atoms with Crippen LogP contribution in [0, 0.1) is 5.92 Å². The van der Waals surface area contributed by atoms with Gasteiger partial charge in [0.1, 0.15) is 0 Å². The number of rotatable bonds is 9. The van der Waals surface area contributed by atoms with Gasteiger partial charge in [0.25, 0.3) is 0 Å². The number of hydrogen-bond acceptors (Lipinski definition) is 4. The molecule has 0 fully saturated rings. The molecule has 0 radical (unpaired) electrons. The summed E-state index contributed by atoms with van der Waals surface area (Å²) in [6, 6.07) is 0.155. The monoisotopic (exact) mass is 244 g/mol. The van der Waals surface area contributed by atoms with Gasteiger partial charge in [-0.25, -0.2) is 0 Å². The minimum atomic E-state index is -0.147. The smallest absolute Gasteiger partial charge is 0.309 e. The molecule has 0 saturated heterocycles. The van der Waals surface area contributed by atoms with Crippen molar-refractivity contribution in [2.75, 3.05) is 33.3 Å². The van der Waals surface area contributed by atoms with Crippen molar-refractivity contribution in [2.45, 2.75) is 40.2 Å². The highest BCUT2D eigenvalue weighted by Gasteiger charge is 2.20. The second-order valence-corrected chi connectivity index (χ2v) is 4.49. The molecule has 0 aliphatic rings. The van der Waals surface area contributed by atoms with Gasteiger partial charge in [-0.1, -0.05) is 20.8 Å². The number of hydrogen-bond donors (Lipinski definition) is 1. The molecule has 0 aliphatic carbocycles. The van der Waals surface area contributed by atoms with E-state index in [1.807, 2.05) is 13.8 Å². The van der Waals surface area contributed by atoms with Crippen LogP contribution >= 0.6 is 0 Å². The van der Waals surface area contributed by atoms with Crippen LogP contribution in [-0.4, -0.2) is 50.2 Å². The summed E-state index contributed by atoms with van der Waals surface area (Å²) in [4.78, 5) is 13.7. The zero-order chi connectivity index (χ0) is 13.3. The number of methoxy groups -OCH3 is 1. The van der Waals surface area contributed by atoms with Gasteiger partial charge in [-0.15, -0.1) is 0 Å². The van der Waals surface area contributed by atoms with E-state index >= 15 is 0 Å². The van der Waals surface area contributed by atoms with Crippen molar-refractivity contribution in [3.63, 3.8) is 0 Å². The average molecular weight is 244 g/mol. The highest BCUT2D eigenvalue weighted by atomic mass is 16.5. The van der Waals surface area contributed by atoms with E-state index in [0.717, 1.165) is 26.2 Å². The van der Waals surface area contributed by atoms with E-state index in [4.69, 9.17) is 4.74 Å². The van der Waals surface area contributed by atoms with Crippen LogP contribution in [-0.2, 0) is 9.53 Å². The fourth-order valence-corrected chi connectivity index (χ4v) is 1.76. The van der Waals surface area contributed by atoms with E-state index in [9.17, 15) is 4.79 Å². The molecule has 0 aromatic rings. The molecule has 0 aliphatic heterocycles. The molecule has 4 heteroatoms. The summed E-state index contributed by atoms with van der Waals surface area (Å²) in [6.45, 7) is 12.5. The van der Waals surface area contributed by atoms with E-state index in [2.05, 4.69) is 24.1 Å². The Balaban J connectivity index is 3.83. The summed E-state index contributed by atoms with van der Waals surface area (Å²) in [5, 5.41) is 3.38. The van der Waals surface area contributed by atoms with Gasteiger partial charge in [0.2, 0.25) is 0 Å². The number of nitrogens with one attached hydrogen (secondary N) is 1. The molecule has 1 N–H and O–H groups in total. The molecular formula is C13H28N2O2. The van der Waals surface area contributed by atoms with Crippen molar-refractivity contribution in [2.24, 2.45) is 5.92 Å². The molecule has 4 nitrogen and oxygen atoms in total. The van der Waals surface area contributed by atoms with E-state index in [1.165, 1.54) is 13.5 Å². The first-order chi connectivity index (χ1) is 8.06. The molecule has 0 rings (SSSR count). The molecule has 0 spiro atoms. The lowest BCUT2D eigenvalue weighted by molar-refractivity contribution is -0.145. The third-order valence-electron chi connectivity index (χ3n) is 3.20. The third kappa shape index (κ3) is 6.64. The van der Waals surface area contributed by atoms with Gasteiger partial charge >= 0.3 is 5.97 Å². The summed E-state index contributed by atoms with van der Waals surface area (Å²) in [5.74, 6) is -0.243. The number of carbonyl (C=O) groups is 1. The van der Waals surface area contributed by atoms with Crippen molar-refractivity contribution in [1.82, 2.24) is 10.2 Å². The van der Waals surface area contributed by atoms with Crippen molar-refractivity contribution < 1.29 is 9.53 Å². The Bertz CT molecular complexity index is 210. The Morgan fingerprint density at radius 1 is 1.29 bits per heavy atom. The molecule has 0 saturated carbocycles. The molecule has 17 heavy (non-hydrogen) atoms. The Morgan fingerprint density at radius 2 is 1.94 bits per heavy atom. The van der Waals surface area contributed by atoms with Crippen LogP contribution in [0.1, 0.15) is 34.1 Å². The summed E-state index contributed by atoms with van der Waals surface area (Å²) >= 11 is 0. The first-order valence-corrected chi connectivity index (χ1v) is 6.60. The molecule has 102 valence electrons. The minimum absolute atomic E-state index is 0.0961. The van der Waals surface area contributed by atoms with Crippen molar-refractivity contribution in [3.8, 4) is 0 Å². The topological polar surface area (TPSA) is 41.6 Å². The number of ether oxygens (including phenoxy) is 1. The standard InChI is InChI=1S/C13H28N2O2/c1-6-9-15(7-2)10-8-14-12(4)11(3)13(16)17-5/h11-12,14H,6-10H2,1-5H3. The quantitative estimate of drug-likeness (QED) is 0.624. The normalized spacial score (nSPS) is 14.7. The van der Waals surface area contributed by atoms with E-state index in [1.54, 1.807) is 0 Å². The first kappa shape index (κ1) is 16.4. The van der Waals surface area contributed by atoms with Crippen LogP contribution in [0.4, 0.5) is 0 Å². The van der Waals surface area contributed by atoms with E-state index in [-0.39, 0.29) is 17.9 Å². The minimum Gasteiger partial charge on any atom is -0.469 e.